The minimum atomic E-state index is -0.411. The van der Waals surface area contributed by atoms with Crippen LogP contribution in [0.25, 0.3) is 10.8 Å². The van der Waals surface area contributed by atoms with E-state index < -0.39 is 11.8 Å². The van der Waals surface area contributed by atoms with Crippen LogP contribution >= 0.6 is 0 Å². The molecule has 3 aromatic heterocycles. The van der Waals surface area contributed by atoms with E-state index in [9.17, 15) is 19.2 Å². The van der Waals surface area contributed by atoms with Gasteiger partial charge in [-0.3, -0.25) is 24.2 Å². The van der Waals surface area contributed by atoms with Gasteiger partial charge in [-0.15, -0.1) is 0 Å². The molecule has 0 saturated carbocycles. The van der Waals surface area contributed by atoms with Crippen LogP contribution < -0.4 is 21.3 Å². The lowest BCUT2D eigenvalue weighted by molar-refractivity contribution is 0.0934. The molecule has 240 valence electrons. The molecule has 0 aliphatic carbocycles. The number of hydrogen-bond donors (Lipinski definition) is 4. The molecule has 1 aliphatic rings. The average Bonchev–Trinajstić information content (AvgIpc) is 3.81. The van der Waals surface area contributed by atoms with Gasteiger partial charge in [0.05, 0.1) is 5.69 Å². The highest BCUT2D eigenvalue weighted by Gasteiger charge is 2.18. The van der Waals surface area contributed by atoms with Crippen LogP contribution in [-0.2, 0) is 14.1 Å². The predicted octanol–water partition coefficient (Wildman–Crippen LogP) is 3.89. The number of likely N-dealkylation sites (tertiary alicyclic amines) is 1. The van der Waals surface area contributed by atoms with E-state index in [1.807, 2.05) is 24.3 Å². The fourth-order valence-corrected chi connectivity index (χ4v) is 5.50. The quantitative estimate of drug-likeness (QED) is 0.182. The Kier molecular flexibility index (Phi) is 9.06. The Labute approximate surface area is 271 Å². The second-order valence-electron chi connectivity index (χ2n) is 11.4. The highest BCUT2D eigenvalue weighted by atomic mass is 16.2. The summed E-state index contributed by atoms with van der Waals surface area (Å²) < 4.78 is 3.18. The van der Waals surface area contributed by atoms with Crippen LogP contribution in [0.3, 0.4) is 0 Å². The predicted molar refractivity (Wildman–Crippen MR) is 179 cm³/mol. The van der Waals surface area contributed by atoms with Gasteiger partial charge in [0.1, 0.15) is 11.4 Å². The molecule has 4 N–H and O–H groups in total. The van der Waals surface area contributed by atoms with Crippen LogP contribution in [0.15, 0.2) is 79.3 Å². The molecule has 4 amide bonds. The van der Waals surface area contributed by atoms with Crippen molar-refractivity contribution in [3.8, 4) is 0 Å². The lowest BCUT2D eigenvalue weighted by atomic mass is 10.1. The minimum absolute atomic E-state index is 0.202. The number of nitrogens with zero attached hydrogens (tertiary/aromatic N) is 5. The third kappa shape index (κ3) is 7.36. The average molecular weight is 634 g/mol. The van der Waals surface area contributed by atoms with Gasteiger partial charge in [0.15, 0.2) is 5.82 Å². The van der Waals surface area contributed by atoms with Crippen molar-refractivity contribution in [3.63, 3.8) is 0 Å². The number of benzene rings is 2. The number of rotatable bonds is 10. The first-order valence-corrected chi connectivity index (χ1v) is 15.3. The molecule has 1 fully saturated rings. The van der Waals surface area contributed by atoms with Gasteiger partial charge >= 0.3 is 0 Å². The van der Waals surface area contributed by atoms with Gasteiger partial charge in [-0.2, -0.15) is 0 Å². The maximum Gasteiger partial charge on any atom is 0.287 e. The summed E-state index contributed by atoms with van der Waals surface area (Å²) in [6.45, 7) is 3.44. The molecule has 0 bridgehead atoms. The van der Waals surface area contributed by atoms with Crippen LogP contribution in [0, 0.1) is 0 Å². The van der Waals surface area contributed by atoms with Crippen molar-refractivity contribution in [1.82, 2.24) is 29.3 Å². The van der Waals surface area contributed by atoms with Crippen LogP contribution in [0.5, 0.6) is 0 Å². The smallest absolute Gasteiger partial charge is 0.287 e. The van der Waals surface area contributed by atoms with Gasteiger partial charge in [-0.1, -0.05) is 24.3 Å². The number of carbonyl (C=O) groups is 4. The molecule has 0 radical (unpaired) electrons. The van der Waals surface area contributed by atoms with Gasteiger partial charge < -0.3 is 35.3 Å². The maximum absolute atomic E-state index is 13.1. The normalized spacial score (nSPS) is 13.0. The minimum Gasteiger partial charge on any atom is -0.348 e. The number of amides is 4. The van der Waals surface area contributed by atoms with Gasteiger partial charge in [0.25, 0.3) is 23.6 Å². The second kappa shape index (κ2) is 13.7. The molecular weight excluding hydrogens is 598 g/mol. The molecule has 5 aromatic rings. The van der Waals surface area contributed by atoms with Crippen LogP contribution in [-0.4, -0.2) is 73.8 Å². The number of pyridine rings is 1. The Morgan fingerprint density at radius 1 is 0.745 bits per heavy atom. The zero-order valence-electron chi connectivity index (χ0n) is 26.1. The first-order valence-electron chi connectivity index (χ1n) is 15.3. The number of fused-ring (bicyclic) bond motifs is 1. The Hall–Kier alpha value is -5.82. The molecule has 1 saturated heterocycles. The van der Waals surface area contributed by atoms with Crippen molar-refractivity contribution in [2.45, 2.75) is 12.8 Å². The molecule has 13 heteroatoms. The molecular formula is C34H35N9O4. The van der Waals surface area contributed by atoms with Crippen molar-refractivity contribution in [1.29, 1.82) is 0 Å². The fraction of sp³-hybridized carbons (Fsp3) is 0.235. The number of nitrogens with one attached hydrogen (secondary N) is 4. The van der Waals surface area contributed by atoms with Crippen molar-refractivity contribution in [3.05, 3.63) is 102 Å². The Balaban J connectivity index is 1.02. The summed E-state index contributed by atoms with van der Waals surface area (Å²) in [7, 11) is 3.40. The van der Waals surface area contributed by atoms with E-state index in [1.165, 1.54) is 12.8 Å². The Morgan fingerprint density at radius 2 is 1.47 bits per heavy atom. The second-order valence-corrected chi connectivity index (χ2v) is 11.4. The van der Waals surface area contributed by atoms with Gasteiger partial charge in [0.2, 0.25) is 5.82 Å². The zero-order valence-corrected chi connectivity index (χ0v) is 26.1. The summed E-state index contributed by atoms with van der Waals surface area (Å²) in [4.78, 5) is 62.2. The molecule has 0 atom stereocenters. The van der Waals surface area contributed by atoms with E-state index in [0.29, 0.717) is 29.2 Å². The summed E-state index contributed by atoms with van der Waals surface area (Å²) in [5.74, 6) is -1.04. The van der Waals surface area contributed by atoms with Gasteiger partial charge in [0, 0.05) is 62.4 Å². The Bertz CT molecular complexity index is 1960. The van der Waals surface area contributed by atoms with E-state index >= 15 is 0 Å². The van der Waals surface area contributed by atoms with Crippen molar-refractivity contribution in [2.75, 3.05) is 42.1 Å². The van der Waals surface area contributed by atoms with E-state index in [4.69, 9.17) is 0 Å². The molecule has 6 rings (SSSR count). The molecule has 2 aromatic carbocycles. The summed E-state index contributed by atoms with van der Waals surface area (Å²) in [5.41, 5.74) is 1.85. The molecule has 13 nitrogen and oxygen atoms in total. The number of aromatic nitrogens is 4. The summed E-state index contributed by atoms with van der Waals surface area (Å²) in [6.07, 6.45) is 7.25. The van der Waals surface area contributed by atoms with Gasteiger partial charge in [-0.25, -0.2) is 4.98 Å². The lowest BCUT2D eigenvalue weighted by Crippen LogP contribution is -2.34. The van der Waals surface area contributed by atoms with Crippen molar-refractivity contribution in [2.24, 2.45) is 14.1 Å². The molecule has 0 spiro atoms. The van der Waals surface area contributed by atoms with E-state index in [1.54, 1.807) is 78.2 Å². The molecule has 0 unspecified atom stereocenters. The monoisotopic (exact) mass is 633 g/mol. The van der Waals surface area contributed by atoms with Crippen molar-refractivity contribution < 1.29 is 19.2 Å². The van der Waals surface area contributed by atoms with Crippen LogP contribution in [0.2, 0.25) is 0 Å². The topological polar surface area (TPSA) is 155 Å². The maximum atomic E-state index is 13.1. The number of imidazole rings is 1. The summed E-state index contributed by atoms with van der Waals surface area (Å²) >= 11 is 0. The third-order valence-corrected chi connectivity index (χ3v) is 8.00. The van der Waals surface area contributed by atoms with Crippen molar-refractivity contribution >= 4 is 51.6 Å². The SMILES string of the molecule is Cn1cc(NC(=O)c2cc3ccccc3cn2)cc1C(=O)Nc1ccc(C(=O)Nc2cn(C)c(C(=O)NCCN3CCCC3)n2)cc1. The highest BCUT2D eigenvalue weighted by Crippen LogP contribution is 2.19. The number of carbonyl (C=O) groups excluding carboxylic acids is 4. The number of anilines is 3. The fourth-order valence-electron chi connectivity index (χ4n) is 5.50. The van der Waals surface area contributed by atoms with Crippen LogP contribution in [0.4, 0.5) is 17.2 Å². The molecule has 47 heavy (non-hydrogen) atoms. The first-order chi connectivity index (χ1) is 22.7. The van der Waals surface area contributed by atoms with Crippen LogP contribution in [0.1, 0.15) is 54.8 Å². The summed E-state index contributed by atoms with van der Waals surface area (Å²) in [6, 6.07) is 17.3. The summed E-state index contributed by atoms with van der Waals surface area (Å²) in [5, 5.41) is 13.1. The number of hydrogen-bond acceptors (Lipinski definition) is 7. The standard InChI is InChI=1S/C34H35N9O4/c1-41-20-26(38-32(45)27-17-23-7-3-4-8-24(23)19-36-27)18-28(41)33(46)37-25-11-9-22(10-12-25)31(44)40-29-21-42(2)30(39-29)34(47)35-13-16-43-14-5-6-15-43/h3-4,7-12,17-21H,5-6,13-16H2,1-2H3,(H,35,47)(H,37,46)(H,38,45)(H,40,44). The van der Waals surface area contributed by atoms with E-state index in [2.05, 4.69) is 36.1 Å². The lowest BCUT2D eigenvalue weighted by Gasteiger charge is -2.14. The molecule has 1 aliphatic heterocycles. The largest absolute Gasteiger partial charge is 0.348 e. The molecule has 4 heterocycles. The van der Waals surface area contributed by atoms with Gasteiger partial charge in [-0.05, 0) is 67.7 Å². The Morgan fingerprint density at radius 3 is 2.23 bits per heavy atom. The number of aryl methyl sites for hydroxylation is 2. The zero-order chi connectivity index (χ0) is 32.9. The van der Waals surface area contributed by atoms with E-state index in [-0.39, 0.29) is 29.2 Å². The van der Waals surface area contributed by atoms with E-state index in [0.717, 1.165) is 30.4 Å². The highest BCUT2D eigenvalue weighted by molar-refractivity contribution is 6.08. The third-order valence-electron chi connectivity index (χ3n) is 8.00. The first kappa shape index (κ1) is 31.2.